The van der Waals surface area contributed by atoms with Gasteiger partial charge < -0.3 is 10.0 Å². The Morgan fingerprint density at radius 1 is 1.35 bits per heavy atom. The number of nitrogens with zero attached hydrogens (tertiary/aromatic N) is 3. The Bertz CT molecular complexity index is 535. The van der Waals surface area contributed by atoms with Gasteiger partial charge in [-0.2, -0.15) is 5.10 Å². The fourth-order valence-corrected chi connectivity index (χ4v) is 3.41. The molecule has 6 heteroatoms. The molecule has 0 spiro atoms. The minimum absolute atomic E-state index is 0.0597. The number of β-amino-alcohol motifs (C(OH)–C–C–N with tert-alkyl or cyclic N) is 1. The second-order valence-corrected chi connectivity index (χ2v) is 7.23. The van der Waals surface area contributed by atoms with Crippen molar-refractivity contribution in [1.29, 1.82) is 0 Å². The van der Waals surface area contributed by atoms with Crippen LogP contribution in [0.4, 0.5) is 0 Å². The highest BCUT2D eigenvalue weighted by Gasteiger charge is 2.37. The zero-order chi connectivity index (χ0) is 17.2. The van der Waals surface area contributed by atoms with E-state index in [0.717, 1.165) is 25.1 Å². The Labute approximate surface area is 138 Å². The first-order chi connectivity index (χ1) is 10.8. The third-order valence-corrected chi connectivity index (χ3v) is 4.66. The molecule has 0 aromatic carbocycles. The lowest BCUT2D eigenvalue weighted by atomic mass is 9.98. The summed E-state index contributed by atoms with van der Waals surface area (Å²) in [7, 11) is 0. The van der Waals surface area contributed by atoms with E-state index in [1.807, 2.05) is 25.7 Å². The zero-order valence-electron chi connectivity index (χ0n) is 15.0. The lowest BCUT2D eigenvalue weighted by Crippen LogP contribution is -2.61. The van der Waals surface area contributed by atoms with Gasteiger partial charge in [-0.05, 0) is 33.6 Å². The van der Waals surface area contributed by atoms with Gasteiger partial charge in [0.2, 0.25) is 0 Å². The first-order valence-electron chi connectivity index (χ1n) is 8.54. The molecule has 1 aliphatic heterocycles. The fourth-order valence-electron chi connectivity index (χ4n) is 3.41. The Hall–Kier alpha value is -1.40. The van der Waals surface area contributed by atoms with Crippen molar-refractivity contribution in [2.24, 2.45) is 0 Å². The van der Waals surface area contributed by atoms with Crippen LogP contribution in [-0.2, 0) is 0 Å². The van der Waals surface area contributed by atoms with Crippen LogP contribution in [0.2, 0.25) is 0 Å². The van der Waals surface area contributed by atoms with Crippen LogP contribution in [0.1, 0.15) is 56.6 Å². The van der Waals surface area contributed by atoms with Gasteiger partial charge in [0.25, 0.3) is 5.91 Å². The summed E-state index contributed by atoms with van der Waals surface area (Å²) in [6.45, 7) is 12.0. The number of nitrogens with one attached hydrogen (secondary N) is 1. The number of aromatic nitrogens is 2. The van der Waals surface area contributed by atoms with Gasteiger partial charge >= 0.3 is 0 Å². The van der Waals surface area contributed by atoms with E-state index < -0.39 is 5.60 Å². The molecule has 6 nitrogen and oxygen atoms in total. The summed E-state index contributed by atoms with van der Waals surface area (Å²) < 4.78 is 0. The molecule has 0 aliphatic carbocycles. The van der Waals surface area contributed by atoms with Gasteiger partial charge in [0, 0.05) is 37.4 Å². The van der Waals surface area contributed by atoms with E-state index in [4.69, 9.17) is 0 Å². The van der Waals surface area contributed by atoms with Crippen LogP contribution in [0.3, 0.4) is 0 Å². The number of carbonyl (C=O) groups excluding carboxylic acids is 1. The minimum atomic E-state index is -0.723. The van der Waals surface area contributed by atoms with Crippen LogP contribution in [-0.4, -0.2) is 68.3 Å². The van der Waals surface area contributed by atoms with E-state index in [1.54, 1.807) is 6.20 Å². The molecule has 2 rings (SSSR count). The number of hydrogen-bond acceptors (Lipinski definition) is 4. The number of carbonyl (C=O) groups is 1. The number of aromatic amines is 1. The van der Waals surface area contributed by atoms with Gasteiger partial charge in [-0.15, -0.1) is 0 Å². The third kappa shape index (κ3) is 4.12. The van der Waals surface area contributed by atoms with E-state index in [2.05, 4.69) is 28.9 Å². The first kappa shape index (κ1) is 17.9. The largest absolute Gasteiger partial charge is 0.389 e. The highest BCUT2D eigenvalue weighted by atomic mass is 16.3. The van der Waals surface area contributed by atoms with Crippen LogP contribution in [0.15, 0.2) is 6.20 Å². The van der Waals surface area contributed by atoms with Crippen LogP contribution in [0, 0.1) is 6.92 Å². The van der Waals surface area contributed by atoms with Gasteiger partial charge in [-0.25, -0.2) is 0 Å². The molecule has 1 aliphatic rings. The molecular formula is C17H30N4O2. The number of H-pyrrole nitrogens is 1. The topological polar surface area (TPSA) is 72.5 Å². The maximum atomic E-state index is 12.9. The summed E-state index contributed by atoms with van der Waals surface area (Å²) in [5, 5.41) is 17.0. The predicted octanol–water partition coefficient (Wildman–Crippen LogP) is 1.80. The minimum Gasteiger partial charge on any atom is -0.389 e. The van der Waals surface area contributed by atoms with Crippen molar-refractivity contribution in [2.75, 3.05) is 19.6 Å². The van der Waals surface area contributed by atoms with Gasteiger partial charge in [-0.1, -0.05) is 13.8 Å². The summed E-state index contributed by atoms with van der Waals surface area (Å²) in [6, 6.07) is 0.447. The van der Waals surface area contributed by atoms with Gasteiger partial charge in [-0.3, -0.25) is 14.8 Å². The lowest BCUT2D eigenvalue weighted by molar-refractivity contribution is -0.0237. The Kier molecular flexibility index (Phi) is 5.47. The fraction of sp³-hybridized carbons (Fsp3) is 0.765. The molecule has 2 atom stereocenters. The van der Waals surface area contributed by atoms with E-state index >= 15 is 0 Å². The molecule has 0 bridgehead atoms. The van der Waals surface area contributed by atoms with Crippen LogP contribution >= 0.6 is 0 Å². The van der Waals surface area contributed by atoms with Crippen molar-refractivity contribution in [2.45, 2.75) is 65.1 Å². The molecule has 2 N–H and O–H groups in total. The summed E-state index contributed by atoms with van der Waals surface area (Å²) in [6.07, 6.45) is 3.48. The van der Waals surface area contributed by atoms with Gasteiger partial charge in [0.15, 0.2) is 0 Å². The molecule has 1 amide bonds. The average Bonchev–Trinajstić information content (AvgIpc) is 2.90. The SMILES string of the molecule is CC[C@H]1CN(C(=O)c2cn[nH]c2C)[C@@H](CC)CN1CC(C)(C)O. The van der Waals surface area contributed by atoms with Crippen LogP contribution < -0.4 is 0 Å². The summed E-state index contributed by atoms with van der Waals surface area (Å²) in [5.74, 6) is 0.0597. The molecule has 1 fully saturated rings. The molecule has 1 aromatic rings. The lowest BCUT2D eigenvalue weighted by Gasteiger charge is -2.47. The van der Waals surface area contributed by atoms with Crippen LogP contribution in [0.5, 0.6) is 0 Å². The molecule has 0 saturated carbocycles. The second-order valence-electron chi connectivity index (χ2n) is 7.23. The van der Waals surface area contributed by atoms with Crippen molar-refractivity contribution >= 4 is 5.91 Å². The molecule has 1 aromatic heterocycles. The number of aryl methyl sites for hydroxylation is 1. The van der Waals surface area contributed by atoms with Crippen LogP contribution in [0.25, 0.3) is 0 Å². The highest BCUT2D eigenvalue weighted by molar-refractivity contribution is 5.95. The summed E-state index contributed by atoms with van der Waals surface area (Å²) >= 11 is 0. The van der Waals surface area contributed by atoms with Gasteiger partial charge in [0.1, 0.15) is 0 Å². The average molecular weight is 322 g/mol. The molecular weight excluding hydrogens is 292 g/mol. The van der Waals surface area contributed by atoms with Crippen molar-refractivity contribution in [3.63, 3.8) is 0 Å². The van der Waals surface area contributed by atoms with Crippen molar-refractivity contribution in [3.8, 4) is 0 Å². The number of amides is 1. The summed E-state index contributed by atoms with van der Waals surface area (Å²) in [5.41, 5.74) is 0.755. The van der Waals surface area contributed by atoms with E-state index in [0.29, 0.717) is 18.7 Å². The Morgan fingerprint density at radius 3 is 2.48 bits per heavy atom. The zero-order valence-corrected chi connectivity index (χ0v) is 15.0. The standard InChI is InChI=1S/C17H30N4O2/c1-6-13-10-21(16(22)15-8-18-19-12(15)3)14(7-2)9-20(13)11-17(4,5)23/h8,13-14,23H,6-7,9-11H2,1-5H3,(H,18,19)/t13-,14-/m0/s1. The maximum absolute atomic E-state index is 12.9. The number of piperazine rings is 1. The number of hydrogen-bond donors (Lipinski definition) is 2. The second kappa shape index (κ2) is 7.01. The normalized spacial score (nSPS) is 23.3. The van der Waals surface area contributed by atoms with Crippen molar-refractivity contribution < 1.29 is 9.90 Å². The van der Waals surface area contributed by atoms with E-state index in [1.165, 1.54) is 0 Å². The first-order valence-corrected chi connectivity index (χ1v) is 8.54. The Balaban J connectivity index is 2.19. The maximum Gasteiger partial charge on any atom is 0.257 e. The van der Waals surface area contributed by atoms with Gasteiger partial charge in [0.05, 0.1) is 17.4 Å². The molecule has 2 heterocycles. The highest BCUT2D eigenvalue weighted by Crippen LogP contribution is 2.24. The van der Waals surface area contributed by atoms with Crippen molar-refractivity contribution in [3.05, 3.63) is 17.5 Å². The van der Waals surface area contributed by atoms with Crippen molar-refractivity contribution in [1.82, 2.24) is 20.0 Å². The summed E-state index contributed by atoms with van der Waals surface area (Å²) in [4.78, 5) is 17.2. The number of rotatable bonds is 5. The van der Waals surface area contributed by atoms with E-state index in [9.17, 15) is 9.90 Å². The molecule has 1 saturated heterocycles. The molecule has 23 heavy (non-hydrogen) atoms. The molecule has 0 unspecified atom stereocenters. The molecule has 130 valence electrons. The monoisotopic (exact) mass is 322 g/mol. The quantitative estimate of drug-likeness (QED) is 0.867. The smallest absolute Gasteiger partial charge is 0.257 e. The molecule has 0 radical (unpaired) electrons. The Morgan fingerprint density at radius 2 is 2.00 bits per heavy atom. The predicted molar refractivity (Wildman–Crippen MR) is 90.4 cm³/mol. The third-order valence-electron chi connectivity index (χ3n) is 4.66. The number of aliphatic hydroxyl groups is 1. The van der Waals surface area contributed by atoms with E-state index in [-0.39, 0.29) is 18.0 Å².